The van der Waals surface area contributed by atoms with Gasteiger partial charge in [0, 0.05) is 41.5 Å². The molecule has 170 valence electrons. The number of halogens is 2. The standard InChI is InChI=1S/C25H25F2N5O/c1-32(2)11-5-10-29-25-20-12-17(19-8-7-18(26)14-21(19)27)13-22(33-3)23(20)30-24(31-25)16-6-4-9-28-15-16/h4,6-9,12-15H,5,10-11H2,1-3H3,(H,29,30,31). The van der Waals surface area contributed by atoms with Crippen molar-refractivity contribution < 1.29 is 13.5 Å². The Hall–Kier alpha value is -3.65. The lowest BCUT2D eigenvalue weighted by Gasteiger charge is -2.16. The number of hydrogen-bond acceptors (Lipinski definition) is 6. The van der Waals surface area contributed by atoms with Crippen LogP contribution in [0.1, 0.15) is 6.42 Å². The van der Waals surface area contributed by atoms with E-state index in [9.17, 15) is 8.78 Å². The monoisotopic (exact) mass is 449 g/mol. The molecular weight excluding hydrogens is 424 g/mol. The molecule has 2 aromatic heterocycles. The van der Waals surface area contributed by atoms with Gasteiger partial charge in [0.05, 0.1) is 7.11 Å². The third-order valence-corrected chi connectivity index (χ3v) is 5.22. The van der Waals surface area contributed by atoms with Gasteiger partial charge in [0.25, 0.3) is 0 Å². The van der Waals surface area contributed by atoms with Gasteiger partial charge < -0.3 is 15.0 Å². The number of aromatic nitrogens is 3. The van der Waals surface area contributed by atoms with Gasteiger partial charge in [-0.05, 0) is 69.0 Å². The highest BCUT2D eigenvalue weighted by Crippen LogP contribution is 2.36. The van der Waals surface area contributed by atoms with Crippen LogP contribution < -0.4 is 10.1 Å². The van der Waals surface area contributed by atoms with Crippen LogP contribution in [-0.4, -0.2) is 54.1 Å². The second kappa shape index (κ2) is 9.87. The Morgan fingerprint density at radius 2 is 1.88 bits per heavy atom. The number of fused-ring (bicyclic) bond motifs is 1. The molecule has 6 nitrogen and oxygen atoms in total. The summed E-state index contributed by atoms with van der Waals surface area (Å²) in [5, 5.41) is 4.09. The summed E-state index contributed by atoms with van der Waals surface area (Å²) >= 11 is 0. The lowest BCUT2D eigenvalue weighted by molar-refractivity contribution is 0.405. The SMILES string of the molecule is COc1cc(-c2ccc(F)cc2F)cc2c(NCCCN(C)C)nc(-c3cccnc3)nc12. The van der Waals surface area contributed by atoms with Gasteiger partial charge in [-0.3, -0.25) is 4.98 Å². The molecule has 0 saturated heterocycles. The third-order valence-electron chi connectivity index (χ3n) is 5.22. The summed E-state index contributed by atoms with van der Waals surface area (Å²) in [5.74, 6) is 0.307. The zero-order valence-corrected chi connectivity index (χ0v) is 18.8. The third kappa shape index (κ3) is 5.06. The molecule has 33 heavy (non-hydrogen) atoms. The van der Waals surface area contributed by atoms with E-state index in [1.165, 1.54) is 19.2 Å². The van der Waals surface area contributed by atoms with Gasteiger partial charge in [-0.1, -0.05) is 0 Å². The van der Waals surface area contributed by atoms with E-state index >= 15 is 0 Å². The second-order valence-electron chi connectivity index (χ2n) is 7.92. The molecule has 4 rings (SSSR count). The van der Waals surface area contributed by atoms with Crippen LogP contribution in [0.2, 0.25) is 0 Å². The van der Waals surface area contributed by atoms with Crippen LogP contribution >= 0.6 is 0 Å². The van der Waals surface area contributed by atoms with Crippen molar-refractivity contribution in [1.29, 1.82) is 0 Å². The highest BCUT2D eigenvalue weighted by molar-refractivity contribution is 5.97. The van der Waals surface area contributed by atoms with Gasteiger partial charge in [0.2, 0.25) is 0 Å². The molecule has 0 bridgehead atoms. The lowest BCUT2D eigenvalue weighted by Crippen LogP contribution is -2.17. The summed E-state index contributed by atoms with van der Waals surface area (Å²) in [5.41, 5.74) is 2.18. The normalized spacial score (nSPS) is 11.2. The molecule has 1 N–H and O–H groups in total. The Bertz CT molecular complexity index is 1260. The van der Waals surface area contributed by atoms with Crippen LogP contribution in [0.25, 0.3) is 33.4 Å². The van der Waals surface area contributed by atoms with Gasteiger partial charge in [-0.15, -0.1) is 0 Å². The topological polar surface area (TPSA) is 63.2 Å². The van der Waals surface area contributed by atoms with Crippen molar-refractivity contribution in [3.63, 3.8) is 0 Å². The number of rotatable bonds is 8. The molecule has 0 spiro atoms. The van der Waals surface area contributed by atoms with Crippen molar-refractivity contribution in [3.8, 4) is 28.3 Å². The molecule has 8 heteroatoms. The minimum atomic E-state index is -0.648. The van der Waals surface area contributed by atoms with Crippen molar-refractivity contribution in [2.45, 2.75) is 6.42 Å². The van der Waals surface area contributed by atoms with E-state index in [2.05, 4.69) is 15.2 Å². The molecule has 0 amide bonds. The number of nitrogens with one attached hydrogen (secondary N) is 1. The van der Waals surface area contributed by atoms with Crippen molar-refractivity contribution in [3.05, 3.63) is 66.5 Å². The quantitative estimate of drug-likeness (QED) is 0.382. The number of methoxy groups -OCH3 is 1. The Morgan fingerprint density at radius 3 is 2.58 bits per heavy atom. The second-order valence-corrected chi connectivity index (χ2v) is 7.92. The van der Waals surface area contributed by atoms with E-state index in [1.807, 2.05) is 26.2 Å². The molecule has 0 unspecified atom stereocenters. The minimum absolute atomic E-state index is 0.270. The van der Waals surface area contributed by atoms with Crippen molar-refractivity contribution in [2.24, 2.45) is 0 Å². The molecule has 2 aromatic carbocycles. The summed E-state index contributed by atoms with van der Waals surface area (Å²) in [4.78, 5) is 15.8. The van der Waals surface area contributed by atoms with Crippen molar-refractivity contribution >= 4 is 16.7 Å². The van der Waals surface area contributed by atoms with Crippen molar-refractivity contribution in [1.82, 2.24) is 19.9 Å². The average molecular weight is 450 g/mol. The lowest BCUT2D eigenvalue weighted by atomic mass is 10.0. The van der Waals surface area contributed by atoms with Gasteiger partial charge >= 0.3 is 0 Å². The maximum atomic E-state index is 14.5. The number of hydrogen-bond donors (Lipinski definition) is 1. The van der Waals surface area contributed by atoms with Gasteiger partial charge in [0.1, 0.15) is 28.7 Å². The molecule has 0 aliphatic rings. The zero-order valence-electron chi connectivity index (χ0n) is 18.8. The molecule has 0 fully saturated rings. The van der Waals surface area contributed by atoms with E-state index < -0.39 is 11.6 Å². The van der Waals surface area contributed by atoms with Crippen molar-refractivity contribution in [2.75, 3.05) is 39.6 Å². The average Bonchev–Trinajstić information content (AvgIpc) is 2.81. The Labute approximate surface area is 191 Å². The number of anilines is 1. The number of pyridine rings is 1. The van der Waals surface area contributed by atoms with Gasteiger partial charge in [-0.25, -0.2) is 18.7 Å². The van der Waals surface area contributed by atoms with Gasteiger partial charge in [-0.2, -0.15) is 0 Å². The smallest absolute Gasteiger partial charge is 0.163 e. The molecule has 2 heterocycles. The Balaban J connectivity index is 1.87. The summed E-state index contributed by atoms with van der Waals surface area (Å²) < 4.78 is 33.6. The van der Waals surface area contributed by atoms with Crippen LogP contribution in [0.3, 0.4) is 0 Å². The first-order valence-corrected chi connectivity index (χ1v) is 10.6. The molecule has 0 aliphatic carbocycles. The molecule has 4 aromatic rings. The Morgan fingerprint density at radius 1 is 1.03 bits per heavy atom. The van der Waals surface area contributed by atoms with Crippen LogP contribution in [-0.2, 0) is 0 Å². The molecule has 0 aliphatic heterocycles. The summed E-state index contributed by atoms with van der Waals surface area (Å²) in [6.07, 6.45) is 4.30. The first-order valence-electron chi connectivity index (χ1n) is 10.6. The van der Waals surface area contributed by atoms with E-state index in [0.717, 1.165) is 24.6 Å². The molecular formula is C25H25F2N5O. The van der Waals surface area contributed by atoms with E-state index in [4.69, 9.17) is 14.7 Å². The highest BCUT2D eigenvalue weighted by Gasteiger charge is 2.17. The number of benzene rings is 2. The Kier molecular flexibility index (Phi) is 6.74. The largest absolute Gasteiger partial charge is 0.494 e. The number of nitrogens with zero attached hydrogens (tertiary/aromatic N) is 4. The summed E-state index contributed by atoms with van der Waals surface area (Å²) in [6, 6.07) is 10.7. The fraction of sp³-hybridized carbons (Fsp3) is 0.240. The predicted octanol–water partition coefficient (Wildman–Crippen LogP) is 5.01. The van der Waals surface area contributed by atoms with Crippen LogP contribution in [0.15, 0.2) is 54.9 Å². The molecule has 0 saturated carbocycles. The van der Waals surface area contributed by atoms with E-state index in [-0.39, 0.29) is 5.56 Å². The summed E-state index contributed by atoms with van der Waals surface area (Å²) in [6.45, 7) is 1.61. The predicted molar refractivity (Wildman–Crippen MR) is 126 cm³/mol. The highest BCUT2D eigenvalue weighted by atomic mass is 19.1. The van der Waals surface area contributed by atoms with E-state index in [0.29, 0.717) is 40.4 Å². The summed E-state index contributed by atoms with van der Waals surface area (Å²) in [7, 11) is 5.58. The van der Waals surface area contributed by atoms with E-state index in [1.54, 1.807) is 24.5 Å². The minimum Gasteiger partial charge on any atom is -0.494 e. The van der Waals surface area contributed by atoms with Crippen LogP contribution in [0, 0.1) is 11.6 Å². The molecule has 0 radical (unpaired) electrons. The fourth-order valence-corrected chi connectivity index (χ4v) is 3.60. The maximum Gasteiger partial charge on any atom is 0.163 e. The maximum absolute atomic E-state index is 14.5. The zero-order chi connectivity index (χ0) is 23.4. The molecule has 0 atom stereocenters. The fourth-order valence-electron chi connectivity index (χ4n) is 3.60. The first kappa shape index (κ1) is 22.5. The first-order chi connectivity index (χ1) is 16.0. The number of ether oxygens (including phenoxy) is 1. The van der Waals surface area contributed by atoms with Gasteiger partial charge in [0.15, 0.2) is 5.82 Å². The van der Waals surface area contributed by atoms with Crippen LogP contribution in [0.5, 0.6) is 5.75 Å². The van der Waals surface area contributed by atoms with Crippen LogP contribution in [0.4, 0.5) is 14.6 Å².